The van der Waals surface area contributed by atoms with Crippen LogP contribution < -0.4 is 42.5 Å². The third-order valence-electron chi connectivity index (χ3n) is 17.1. The average molecular weight is 1320 g/mol. The van der Waals surface area contributed by atoms with Crippen molar-refractivity contribution in [3.8, 4) is 11.4 Å². The van der Waals surface area contributed by atoms with Crippen molar-refractivity contribution in [1.29, 1.82) is 0 Å². The second kappa shape index (κ2) is 33.2. The fourth-order valence-corrected chi connectivity index (χ4v) is 11.4. The van der Waals surface area contributed by atoms with Crippen LogP contribution in [-0.2, 0) is 96.3 Å². The molecule has 0 saturated carbocycles. The Labute approximate surface area is 553 Å². The Hall–Kier alpha value is -10.3. The lowest BCUT2D eigenvalue weighted by molar-refractivity contribution is -0.144. The highest BCUT2D eigenvalue weighted by molar-refractivity contribution is 5.97. The number of aliphatic carboxylic acids is 2. The molecule has 10 atom stereocenters. The van der Waals surface area contributed by atoms with Gasteiger partial charge >= 0.3 is 11.9 Å². The zero-order valence-electron chi connectivity index (χ0n) is 53.6. The van der Waals surface area contributed by atoms with Crippen molar-refractivity contribution in [2.24, 2.45) is 0 Å². The van der Waals surface area contributed by atoms with E-state index in [1.807, 2.05) is 0 Å². The Balaban J connectivity index is 0.986. The summed E-state index contributed by atoms with van der Waals surface area (Å²) in [6.07, 6.45) is 3.94. The van der Waals surface area contributed by atoms with Gasteiger partial charge in [-0.3, -0.25) is 38.4 Å². The van der Waals surface area contributed by atoms with E-state index in [0.29, 0.717) is 57.9 Å². The lowest BCUT2D eigenvalue weighted by Crippen LogP contribution is -2.59. The molecule has 30 nitrogen and oxygen atoms in total. The molecule has 8 amide bonds. The van der Waals surface area contributed by atoms with Crippen LogP contribution in [-0.4, -0.2) is 210 Å². The number of rotatable bonds is 12. The van der Waals surface area contributed by atoms with E-state index in [2.05, 4.69) is 63.2 Å². The van der Waals surface area contributed by atoms with Gasteiger partial charge in [0.15, 0.2) is 0 Å². The molecule has 8 heterocycles. The first kappa shape index (κ1) is 70.0. The standard InChI is InChI=1S/C66H80N16O14/c1-39(67-3)57(83)73-53-37-95-35-45-33-81(77-75-45)47-23-19-43(20-24-47)32-52(66(93)94)72-60(86)50(30-42-15-9-6-10-16-42)70-62(88)56-18-12-28-80(56)64(90)54(74-58(84)40(2)68-4)38-96-36-46-34-82(78-76-46)48-25-21-44(22-26-48)31-51(65(91)92)71-59(85)49(29-41-13-7-5-8-14-41)69-61(87)55-17-11-27-79(55)63(53)89/h5-10,13-16,19-26,33-34,39-40,49-56,67-68H,11-12,17-18,27-32,35-38H2,1-4H3,(H,69,87)(H,70,88)(H,71,85)(H,72,86)(H,73,83)(H,74,84)(H,91,92)(H,93,94). The quantitative estimate of drug-likeness (QED) is 0.0734. The number of carbonyl (C=O) groups is 10. The predicted molar refractivity (Wildman–Crippen MR) is 343 cm³/mol. The van der Waals surface area contributed by atoms with Gasteiger partial charge in [-0.1, -0.05) is 95.4 Å². The molecule has 4 aromatic carbocycles. The molecule has 30 heteroatoms. The average Bonchev–Trinajstić information content (AvgIpc) is 1.60. The third kappa shape index (κ3) is 18.5. The van der Waals surface area contributed by atoms with E-state index in [1.54, 1.807) is 150 Å². The maximum Gasteiger partial charge on any atom is 0.326 e. The van der Waals surface area contributed by atoms with Crippen molar-refractivity contribution in [3.05, 3.63) is 155 Å². The molecule has 6 aromatic rings. The van der Waals surface area contributed by atoms with Gasteiger partial charge < -0.3 is 72.0 Å². The van der Waals surface area contributed by atoms with E-state index in [9.17, 15) is 58.2 Å². The summed E-state index contributed by atoms with van der Waals surface area (Å²) < 4.78 is 14.9. The minimum Gasteiger partial charge on any atom is -0.480 e. The molecular formula is C66H80N16O14. The molecule has 10 N–H and O–H groups in total. The van der Waals surface area contributed by atoms with Gasteiger partial charge in [0, 0.05) is 38.8 Å². The molecule has 12 rings (SSSR count). The normalized spacial score (nSPS) is 23.0. The summed E-state index contributed by atoms with van der Waals surface area (Å²) in [6.45, 7) is 2.38. The second-order valence-corrected chi connectivity index (χ2v) is 23.9. The molecule has 6 aliphatic rings. The van der Waals surface area contributed by atoms with E-state index < -0.39 is 120 Å². The summed E-state index contributed by atoms with van der Waals surface area (Å²) in [7, 11) is 3.15. The summed E-state index contributed by atoms with van der Waals surface area (Å²) in [5, 5.41) is 59.9. The molecule has 0 aliphatic carbocycles. The maximum atomic E-state index is 14.6. The van der Waals surface area contributed by atoms with E-state index >= 15 is 0 Å². The summed E-state index contributed by atoms with van der Waals surface area (Å²) in [6, 6.07) is 19.1. The van der Waals surface area contributed by atoms with Crippen LogP contribution >= 0.6 is 0 Å². The van der Waals surface area contributed by atoms with Crippen molar-refractivity contribution in [3.63, 3.8) is 0 Å². The Morgan fingerprint density at radius 3 is 1.26 bits per heavy atom. The number of likely N-dealkylation sites (N-methyl/N-ethyl adjacent to an activating group) is 2. The topological polar surface area (TPSA) is 394 Å². The molecule has 10 unspecified atom stereocenters. The number of ether oxygens (including phenoxy) is 2. The molecular weight excluding hydrogens is 1240 g/mol. The number of hydrogen-bond donors (Lipinski definition) is 10. The number of benzene rings is 4. The molecule has 2 aromatic heterocycles. The molecule has 2 saturated heterocycles. The second-order valence-electron chi connectivity index (χ2n) is 23.9. The maximum absolute atomic E-state index is 14.6. The molecule has 0 radical (unpaired) electrons. The van der Waals surface area contributed by atoms with Crippen LogP contribution in [0, 0.1) is 0 Å². The molecule has 6 aliphatic heterocycles. The number of carbonyl (C=O) groups excluding carboxylic acids is 8. The molecule has 508 valence electrons. The summed E-state index contributed by atoms with van der Waals surface area (Å²) >= 11 is 0. The first-order valence-electron chi connectivity index (χ1n) is 31.7. The van der Waals surface area contributed by atoms with E-state index in [4.69, 9.17) is 9.47 Å². The summed E-state index contributed by atoms with van der Waals surface area (Å²) in [5.74, 6) is -7.93. The van der Waals surface area contributed by atoms with E-state index in [-0.39, 0.29) is 78.0 Å². The summed E-state index contributed by atoms with van der Waals surface area (Å²) in [5.41, 5.74) is 4.01. The number of amides is 8. The minimum absolute atomic E-state index is 0.0373. The molecule has 8 bridgehead atoms. The van der Waals surface area contributed by atoms with Crippen LogP contribution in [0.3, 0.4) is 0 Å². The summed E-state index contributed by atoms with van der Waals surface area (Å²) in [4.78, 5) is 142. The van der Waals surface area contributed by atoms with Crippen molar-refractivity contribution >= 4 is 59.2 Å². The van der Waals surface area contributed by atoms with Crippen molar-refractivity contribution in [2.75, 3.05) is 40.4 Å². The van der Waals surface area contributed by atoms with Crippen LogP contribution in [0.25, 0.3) is 11.4 Å². The Morgan fingerprint density at radius 1 is 0.531 bits per heavy atom. The largest absolute Gasteiger partial charge is 0.480 e. The number of nitrogens with one attached hydrogen (secondary N) is 8. The van der Waals surface area contributed by atoms with Crippen LogP contribution in [0.15, 0.2) is 122 Å². The Bertz CT molecular complexity index is 3470. The predicted octanol–water partition coefficient (Wildman–Crippen LogP) is -0.559. The first-order chi connectivity index (χ1) is 46.2. The lowest BCUT2D eigenvalue weighted by atomic mass is 10.0. The molecule has 96 heavy (non-hydrogen) atoms. The zero-order chi connectivity index (χ0) is 68.4. The van der Waals surface area contributed by atoms with Gasteiger partial charge in [-0.05, 0) is 100 Å². The number of aromatic nitrogens is 6. The lowest BCUT2D eigenvalue weighted by Gasteiger charge is -2.30. The van der Waals surface area contributed by atoms with Crippen LogP contribution in [0.4, 0.5) is 0 Å². The van der Waals surface area contributed by atoms with Gasteiger partial charge in [0.1, 0.15) is 59.7 Å². The van der Waals surface area contributed by atoms with Crippen molar-refractivity contribution in [2.45, 2.75) is 139 Å². The van der Waals surface area contributed by atoms with Gasteiger partial charge in [-0.15, -0.1) is 10.2 Å². The smallest absolute Gasteiger partial charge is 0.326 e. The van der Waals surface area contributed by atoms with Crippen molar-refractivity contribution in [1.82, 2.24) is 82.3 Å². The van der Waals surface area contributed by atoms with E-state index in [1.165, 1.54) is 19.2 Å². The Morgan fingerprint density at radius 2 is 0.906 bits per heavy atom. The van der Waals surface area contributed by atoms with Crippen LogP contribution in [0.2, 0.25) is 0 Å². The first-order valence-corrected chi connectivity index (χ1v) is 31.7. The zero-order valence-corrected chi connectivity index (χ0v) is 53.6. The number of hydrogen-bond acceptors (Lipinski definition) is 18. The highest BCUT2D eigenvalue weighted by Crippen LogP contribution is 2.23. The number of carboxylic acids is 2. The third-order valence-corrected chi connectivity index (χ3v) is 17.1. The number of carboxylic acid groups (broad SMARTS) is 2. The SMILES string of the molecule is CNC(C)C(=O)NC1COCc2cn(nn2)-c2ccc(cc2)CC(C(=O)O)NC(=O)C(Cc2ccccc2)NC(=O)C2CCCN2C(=O)C(NC(=O)C(C)NC)COCc2cn(nn2)-c2ccc(cc2)CC(C(=O)O)NC(=O)C(Cc2ccccc2)NC(=O)C2CCCN2C1=O. The van der Waals surface area contributed by atoms with Gasteiger partial charge in [0.25, 0.3) is 0 Å². The van der Waals surface area contributed by atoms with E-state index in [0.717, 1.165) is 0 Å². The highest BCUT2D eigenvalue weighted by atomic mass is 16.5. The van der Waals surface area contributed by atoms with Crippen molar-refractivity contribution < 1.29 is 67.6 Å². The number of nitrogens with zero attached hydrogens (tertiary/aromatic N) is 8. The fourth-order valence-electron chi connectivity index (χ4n) is 11.4. The van der Waals surface area contributed by atoms with Crippen LogP contribution in [0.5, 0.6) is 0 Å². The monoisotopic (exact) mass is 1320 g/mol. The van der Waals surface area contributed by atoms with Gasteiger partial charge in [-0.25, -0.2) is 19.0 Å². The van der Waals surface area contributed by atoms with Gasteiger partial charge in [0.2, 0.25) is 47.3 Å². The van der Waals surface area contributed by atoms with Gasteiger partial charge in [0.05, 0.1) is 62.3 Å². The molecule has 0 spiro atoms. The Kier molecular flexibility index (Phi) is 24.2. The minimum atomic E-state index is -1.46. The van der Waals surface area contributed by atoms with Gasteiger partial charge in [-0.2, -0.15) is 0 Å². The van der Waals surface area contributed by atoms with Crippen LogP contribution in [0.1, 0.15) is 73.2 Å². The highest BCUT2D eigenvalue weighted by Gasteiger charge is 2.42. The molecule has 2 fully saturated rings. The fraction of sp³-hybridized carbons (Fsp3) is 0.424.